The van der Waals surface area contributed by atoms with E-state index in [2.05, 4.69) is 18.7 Å². The van der Waals surface area contributed by atoms with Crippen LogP contribution >= 0.6 is 0 Å². The van der Waals surface area contributed by atoms with Gasteiger partial charge in [-0.15, -0.1) is 0 Å². The predicted octanol–water partition coefficient (Wildman–Crippen LogP) is 1.22. The molecule has 0 bridgehead atoms. The number of Topliss-reactive ketones (excluding diaryl/α,β-unsaturated/α-hetero) is 1. The van der Waals surface area contributed by atoms with Crippen LogP contribution in [0.25, 0.3) is 0 Å². The van der Waals surface area contributed by atoms with Gasteiger partial charge in [-0.3, -0.25) is 9.69 Å². The van der Waals surface area contributed by atoms with Crippen molar-refractivity contribution in [2.45, 2.75) is 44.7 Å². The molecule has 0 aromatic heterocycles. The molecule has 0 spiro atoms. The van der Waals surface area contributed by atoms with Crippen LogP contribution in [0.3, 0.4) is 0 Å². The molecule has 80 valence electrons. The summed E-state index contributed by atoms with van der Waals surface area (Å²) in [7, 11) is 0. The summed E-state index contributed by atoms with van der Waals surface area (Å²) in [4.78, 5) is 13.7. The van der Waals surface area contributed by atoms with Gasteiger partial charge < -0.3 is 4.74 Å². The molecule has 1 saturated carbocycles. The van der Waals surface area contributed by atoms with Crippen LogP contribution in [0.4, 0.5) is 0 Å². The smallest absolute Gasteiger partial charge is 0.134 e. The number of hydrogen-bond acceptors (Lipinski definition) is 3. The van der Waals surface area contributed by atoms with Crippen molar-refractivity contribution in [3.05, 3.63) is 0 Å². The summed E-state index contributed by atoms with van der Waals surface area (Å²) in [5.74, 6) is 0.428. The highest BCUT2D eigenvalue weighted by Crippen LogP contribution is 2.29. The van der Waals surface area contributed by atoms with Gasteiger partial charge in [0.05, 0.1) is 13.2 Å². The third-order valence-corrected chi connectivity index (χ3v) is 3.37. The fraction of sp³-hybridized carbons (Fsp3) is 0.909. The highest BCUT2D eigenvalue weighted by molar-refractivity contribution is 5.81. The number of ether oxygens (including phenoxy) is 1. The SMILES string of the molecule is CC1(C)COCCN1C1CCC(=O)C1. The normalized spacial score (nSPS) is 33.6. The van der Waals surface area contributed by atoms with Crippen molar-refractivity contribution in [2.75, 3.05) is 19.8 Å². The molecule has 0 aromatic carbocycles. The zero-order chi connectivity index (χ0) is 10.2. The molecule has 1 aliphatic carbocycles. The first-order valence-electron chi connectivity index (χ1n) is 5.46. The number of morpholine rings is 1. The molecule has 2 fully saturated rings. The standard InChI is InChI=1S/C11H19NO2/c1-11(2)8-14-6-5-12(11)9-3-4-10(13)7-9/h9H,3-8H2,1-2H3. The van der Waals surface area contributed by atoms with E-state index in [0.717, 1.165) is 39.0 Å². The second-order valence-electron chi connectivity index (χ2n) is 4.99. The van der Waals surface area contributed by atoms with Crippen molar-refractivity contribution < 1.29 is 9.53 Å². The molecule has 1 heterocycles. The first-order chi connectivity index (χ1) is 6.59. The zero-order valence-corrected chi connectivity index (χ0v) is 9.08. The van der Waals surface area contributed by atoms with E-state index >= 15 is 0 Å². The molecule has 2 aliphatic rings. The van der Waals surface area contributed by atoms with E-state index in [4.69, 9.17) is 4.74 Å². The molecular weight excluding hydrogens is 178 g/mol. The van der Waals surface area contributed by atoms with E-state index in [0.29, 0.717) is 11.8 Å². The Balaban J connectivity index is 2.04. The van der Waals surface area contributed by atoms with E-state index < -0.39 is 0 Å². The minimum absolute atomic E-state index is 0.105. The van der Waals surface area contributed by atoms with Gasteiger partial charge in [-0.05, 0) is 20.3 Å². The van der Waals surface area contributed by atoms with Crippen molar-refractivity contribution in [2.24, 2.45) is 0 Å². The summed E-state index contributed by atoms with van der Waals surface area (Å²) in [6.07, 6.45) is 2.57. The Kier molecular flexibility index (Phi) is 2.62. The van der Waals surface area contributed by atoms with Gasteiger partial charge in [0.15, 0.2) is 0 Å². The number of rotatable bonds is 1. The third-order valence-electron chi connectivity index (χ3n) is 3.37. The van der Waals surface area contributed by atoms with Gasteiger partial charge in [-0.1, -0.05) is 0 Å². The molecule has 0 radical (unpaired) electrons. The summed E-state index contributed by atoms with van der Waals surface area (Å²) in [6, 6.07) is 0.474. The Morgan fingerprint density at radius 2 is 2.29 bits per heavy atom. The third kappa shape index (κ3) is 1.84. The first kappa shape index (κ1) is 10.1. The van der Waals surface area contributed by atoms with E-state index in [1.807, 2.05) is 0 Å². The Morgan fingerprint density at radius 1 is 1.50 bits per heavy atom. The molecule has 0 N–H and O–H groups in total. The molecule has 1 aliphatic heterocycles. The zero-order valence-electron chi connectivity index (χ0n) is 9.08. The Morgan fingerprint density at radius 3 is 2.86 bits per heavy atom. The van der Waals surface area contributed by atoms with E-state index in [9.17, 15) is 4.79 Å². The molecule has 14 heavy (non-hydrogen) atoms. The van der Waals surface area contributed by atoms with Crippen LogP contribution in [-0.4, -0.2) is 42.0 Å². The van der Waals surface area contributed by atoms with E-state index in [-0.39, 0.29) is 5.54 Å². The topological polar surface area (TPSA) is 29.5 Å². The lowest BCUT2D eigenvalue weighted by Gasteiger charge is -2.45. The van der Waals surface area contributed by atoms with Crippen LogP contribution in [0.15, 0.2) is 0 Å². The molecule has 0 amide bonds. The van der Waals surface area contributed by atoms with Crippen molar-refractivity contribution in [1.82, 2.24) is 4.90 Å². The minimum atomic E-state index is 0.105. The van der Waals surface area contributed by atoms with Crippen LogP contribution in [0.5, 0.6) is 0 Å². The van der Waals surface area contributed by atoms with Crippen molar-refractivity contribution in [3.63, 3.8) is 0 Å². The van der Waals surface area contributed by atoms with Gasteiger partial charge in [0, 0.05) is 31.0 Å². The molecule has 1 unspecified atom stereocenters. The number of ketones is 1. The van der Waals surface area contributed by atoms with E-state index in [1.165, 1.54) is 0 Å². The largest absolute Gasteiger partial charge is 0.378 e. The monoisotopic (exact) mass is 197 g/mol. The van der Waals surface area contributed by atoms with Gasteiger partial charge in [0.1, 0.15) is 5.78 Å². The first-order valence-corrected chi connectivity index (χ1v) is 5.46. The second-order valence-corrected chi connectivity index (χ2v) is 4.99. The van der Waals surface area contributed by atoms with Gasteiger partial charge in [-0.2, -0.15) is 0 Å². The average Bonchev–Trinajstić information content (AvgIpc) is 2.51. The predicted molar refractivity (Wildman–Crippen MR) is 54.3 cm³/mol. The maximum atomic E-state index is 11.2. The molecule has 1 atom stereocenters. The number of carbonyl (C=O) groups is 1. The summed E-state index contributed by atoms with van der Waals surface area (Å²) < 4.78 is 5.47. The molecular formula is C11H19NO2. The van der Waals surface area contributed by atoms with Crippen LogP contribution < -0.4 is 0 Å². The van der Waals surface area contributed by atoms with Gasteiger partial charge in [0.25, 0.3) is 0 Å². The highest BCUT2D eigenvalue weighted by Gasteiger charge is 2.38. The molecule has 3 nitrogen and oxygen atoms in total. The lowest BCUT2D eigenvalue weighted by molar-refractivity contribution is -0.118. The highest BCUT2D eigenvalue weighted by atomic mass is 16.5. The quantitative estimate of drug-likeness (QED) is 0.633. The van der Waals surface area contributed by atoms with Crippen molar-refractivity contribution in [1.29, 1.82) is 0 Å². The van der Waals surface area contributed by atoms with Crippen LogP contribution in [0.2, 0.25) is 0 Å². The Bertz CT molecular complexity index is 237. The maximum absolute atomic E-state index is 11.2. The van der Waals surface area contributed by atoms with Crippen LogP contribution in [-0.2, 0) is 9.53 Å². The number of carbonyl (C=O) groups excluding carboxylic acids is 1. The number of nitrogens with zero attached hydrogens (tertiary/aromatic N) is 1. The van der Waals surface area contributed by atoms with Crippen molar-refractivity contribution >= 4 is 5.78 Å². The lowest BCUT2D eigenvalue weighted by Crippen LogP contribution is -2.56. The van der Waals surface area contributed by atoms with Gasteiger partial charge in [-0.25, -0.2) is 0 Å². The Labute approximate surface area is 85.4 Å². The summed E-state index contributed by atoms with van der Waals surface area (Å²) in [5.41, 5.74) is 0.105. The van der Waals surface area contributed by atoms with E-state index in [1.54, 1.807) is 0 Å². The second kappa shape index (κ2) is 3.63. The molecule has 2 rings (SSSR count). The fourth-order valence-corrected chi connectivity index (χ4v) is 2.61. The molecule has 3 heteroatoms. The fourth-order valence-electron chi connectivity index (χ4n) is 2.61. The maximum Gasteiger partial charge on any atom is 0.134 e. The molecule has 1 saturated heterocycles. The van der Waals surface area contributed by atoms with Crippen LogP contribution in [0.1, 0.15) is 33.1 Å². The number of hydrogen-bond donors (Lipinski definition) is 0. The molecule has 0 aromatic rings. The van der Waals surface area contributed by atoms with Crippen molar-refractivity contribution in [3.8, 4) is 0 Å². The summed E-state index contributed by atoms with van der Waals surface area (Å²) >= 11 is 0. The summed E-state index contributed by atoms with van der Waals surface area (Å²) in [6.45, 7) is 6.99. The van der Waals surface area contributed by atoms with Gasteiger partial charge >= 0.3 is 0 Å². The minimum Gasteiger partial charge on any atom is -0.378 e. The lowest BCUT2D eigenvalue weighted by atomic mass is 9.99. The summed E-state index contributed by atoms with van der Waals surface area (Å²) in [5, 5.41) is 0. The van der Waals surface area contributed by atoms with Gasteiger partial charge in [0.2, 0.25) is 0 Å². The average molecular weight is 197 g/mol. The Hall–Kier alpha value is -0.410. The van der Waals surface area contributed by atoms with Crippen LogP contribution in [0, 0.1) is 0 Å².